The van der Waals surface area contributed by atoms with Crippen LogP contribution in [0.1, 0.15) is 50.8 Å². The van der Waals surface area contributed by atoms with Gasteiger partial charge in [-0.3, -0.25) is 4.79 Å². The predicted octanol–water partition coefficient (Wildman–Crippen LogP) is 3.76. The molecule has 2 N–H and O–H groups in total. The molecule has 0 spiro atoms. The van der Waals surface area contributed by atoms with Crippen LogP contribution >= 0.6 is 11.3 Å². The van der Waals surface area contributed by atoms with E-state index in [1.165, 1.54) is 37.0 Å². The normalized spacial score (nSPS) is 18.2. The summed E-state index contributed by atoms with van der Waals surface area (Å²) >= 11 is 1.70. The van der Waals surface area contributed by atoms with Crippen LogP contribution in [-0.4, -0.2) is 11.9 Å². The summed E-state index contributed by atoms with van der Waals surface area (Å²) < 4.78 is 0. The van der Waals surface area contributed by atoms with E-state index in [0.29, 0.717) is 6.04 Å². The summed E-state index contributed by atoms with van der Waals surface area (Å²) in [5, 5.41) is 8.55. The fraction of sp³-hybridized carbons (Fsp3) is 0.667. The number of hydrogen-bond acceptors (Lipinski definition) is 3. The van der Waals surface area contributed by atoms with Gasteiger partial charge >= 0.3 is 0 Å². The first-order chi connectivity index (χ1) is 9.16. The second kappa shape index (κ2) is 7.06. The van der Waals surface area contributed by atoms with Crippen LogP contribution in [0.15, 0.2) is 11.4 Å². The standard InChI is InChI=1S/C15H24N2OS/c1-11(13-6-4-3-5-7-13)16-10-15-14(8-9-19-15)17-12(2)18/h8-9,11,13,16H,3-7,10H2,1-2H3,(H,17,18)/t11-/m1/s1. The maximum atomic E-state index is 11.1. The zero-order valence-corrected chi connectivity index (χ0v) is 12.7. The first-order valence-electron chi connectivity index (χ1n) is 7.24. The molecule has 2 rings (SSSR count). The van der Waals surface area contributed by atoms with Crippen molar-refractivity contribution in [3.63, 3.8) is 0 Å². The van der Waals surface area contributed by atoms with Gasteiger partial charge < -0.3 is 10.6 Å². The van der Waals surface area contributed by atoms with Gasteiger partial charge in [0.2, 0.25) is 5.91 Å². The summed E-state index contributed by atoms with van der Waals surface area (Å²) in [5.41, 5.74) is 0.959. The molecule has 0 aliphatic heterocycles. The van der Waals surface area contributed by atoms with Crippen molar-refractivity contribution in [1.82, 2.24) is 5.32 Å². The van der Waals surface area contributed by atoms with E-state index >= 15 is 0 Å². The lowest BCUT2D eigenvalue weighted by Gasteiger charge is -2.28. The predicted molar refractivity (Wildman–Crippen MR) is 81.5 cm³/mol. The van der Waals surface area contributed by atoms with E-state index in [9.17, 15) is 4.79 Å². The van der Waals surface area contributed by atoms with Crippen LogP contribution in [0.2, 0.25) is 0 Å². The van der Waals surface area contributed by atoms with Crippen LogP contribution in [0.4, 0.5) is 5.69 Å². The molecule has 19 heavy (non-hydrogen) atoms. The maximum Gasteiger partial charge on any atom is 0.221 e. The molecule has 1 aromatic rings. The third-order valence-electron chi connectivity index (χ3n) is 4.00. The first kappa shape index (κ1) is 14.5. The number of hydrogen-bond donors (Lipinski definition) is 2. The number of amides is 1. The van der Waals surface area contributed by atoms with Gasteiger partial charge in [-0.25, -0.2) is 0 Å². The first-order valence-corrected chi connectivity index (χ1v) is 8.12. The molecule has 4 heteroatoms. The average Bonchev–Trinajstić information content (AvgIpc) is 2.83. The Morgan fingerprint density at radius 2 is 2.16 bits per heavy atom. The van der Waals surface area contributed by atoms with E-state index in [4.69, 9.17) is 0 Å². The van der Waals surface area contributed by atoms with E-state index in [0.717, 1.165) is 18.2 Å². The number of rotatable bonds is 5. The highest BCUT2D eigenvalue weighted by Gasteiger charge is 2.19. The van der Waals surface area contributed by atoms with Crippen molar-refractivity contribution in [3.05, 3.63) is 16.3 Å². The van der Waals surface area contributed by atoms with E-state index in [1.807, 2.05) is 11.4 Å². The lowest BCUT2D eigenvalue weighted by molar-refractivity contribution is -0.114. The Morgan fingerprint density at radius 1 is 1.42 bits per heavy atom. The smallest absolute Gasteiger partial charge is 0.221 e. The van der Waals surface area contributed by atoms with Crippen molar-refractivity contribution in [3.8, 4) is 0 Å². The van der Waals surface area contributed by atoms with Crippen LogP contribution in [0, 0.1) is 5.92 Å². The number of carbonyl (C=O) groups excluding carboxylic acids is 1. The molecule has 0 aromatic carbocycles. The van der Waals surface area contributed by atoms with Crippen LogP contribution in [0.25, 0.3) is 0 Å². The van der Waals surface area contributed by atoms with Gasteiger partial charge in [0.15, 0.2) is 0 Å². The van der Waals surface area contributed by atoms with Gasteiger partial charge in [0.1, 0.15) is 0 Å². The monoisotopic (exact) mass is 280 g/mol. The molecular weight excluding hydrogens is 256 g/mol. The van der Waals surface area contributed by atoms with E-state index in [-0.39, 0.29) is 5.91 Å². The maximum absolute atomic E-state index is 11.1. The molecular formula is C15H24N2OS. The Hall–Kier alpha value is -0.870. The molecule has 1 fully saturated rings. The molecule has 1 aromatic heterocycles. The minimum atomic E-state index is -0.0000195. The molecule has 1 amide bonds. The highest BCUT2D eigenvalue weighted by atomic mass is 32.1. The summed E-state index contributed by atoms with van der Waals surface area (Å²) in [4.78, 5) is 12.3. The van der Waals surface area contributed by atoms with Gasteiger partial charge in [-0.05, 0) is 37.1 Å². The second-order valence-corrected chi connectivity index (χ2v) is 6.51. The summed E-state index contributed by atoms with van der Waals surface area (Å²) in [5.74, 6) is 0.818. The quantitative estimate of drug-likeness (QED) is 0.862. The number of thiophene rings is 1. The number of nitrogens with one attached hydrogen (secondary N) is 2. The van der Waals surface area contributed by atoms with Crippen LogP contribution in [-0.2, 0) is 11.3 Å². The van der Waals surface area contributed by atoms with Crippen molar-refractivity contribution in [1.29, 1.82) is 0 Å². The Morgan fingerprint density at radius 3 is 2.84 bits per heavy atom. The van der Waals surface area contributed by atoms with Crippen LogP contribution in [0.3, 0.4) is 0 Å². The Bertz CT molecular complexity index is 410. The van der Waals surface area contributed by atoms with Gasteiger partial charge in [0.05, 0.1) is 5.69 Å². The van der Waals surface area contributed by atoms with Crippen molar-refractivity contribution in [2.24, 2.45) is 5.92 Å². The van der Waals surface area contributed by atoms with Crippen molar-refractivity contribution < 1.29 is 4.79 Å². The minimum Gasteiger partial charge on any atom is -0.325 e. The molecule has 1 aliphatic carbocycles. The lowest BCUT2D eigenvalue weighted by atomic mass is 9.84. The van der Waals surface area contributed by atoms with Crippen LogP contribution < -0.4 is 10.6 Å². The molecule has 1 saturated carbocycles. The molecule has 0 unspecified atom stereocenters. The topological polar surface area (TPSA) is 41.1 Å². The summed E-state index contributed by atoms with van der Waals surface area (Å²) in [6.45, 7) is 4.70. The van der Waals surface area contributed by atoms with Crippen molar-refractivity contribution >= 4 is 22.9 Å². The van der Waals surface area contributed by atoms with Gasteiger partial charge in [-0.15, -0.1) is 11.3 Å². The highest BCUT2D eigenvalue weighted by Crippen LogP contribution is 2.27. The Labute approximate surface area is 119 Å². The molecule has 106 valence electrons. The molecule has 0 bridgehead atoms. The van der Waals surface area contributed by atoms with Gasteiger partial charge in [0.25, 0.3) is 0 Å². The molecule has 1 atom stereocenters. The van der Waals surface area contributed by atoms with Crippen LogP contribution in [0.5, 0.6) is 0 Å². The number of anilines is 1. The average molecular weight is 280 g/mol. The highest BCUT2D eigenvalue weighted by molar-refractivity contribution is 7.10. The zero-order valence-electron chi connectivity index (χ0n) is 11.9. The Kier molecular flexibility index (Phi) is 5.40. The van der Waals surface area contributed by atoms with Gasteiger partial charge in [-0.2, -0.15) is 0 Å². The summed E-state index contributed by atoms with van der Waals surface area (Å²) in [6, 6.07) is 2.54. The molecule has 1 heterocycles. The fourth-order valence-corrected chi connectivity index (χ4v) is 3.61. The fourth-order valence-electron chi connectivity index (χ4n) is 2.83. The van der Waals surface area contributed by atoms with E-state index < -0.39 is 0 Å². The van der Waals surface area contributed by atoms with Gasteiger partial charge in [0, 0.05) is 24.4 Å². The third kappa shape index (κ3) is 4.32. The summed E-state index contributed by atoms with van der Waals surface area (Å²) in [7, 11) is 0. The minimum absolute atomic E-state index is 0.0000195. The molecule has 1 aliphatic rings. The molecule has 0 saturated heterocycles. The second-order valence-electron chi connectivity index (χ2n) is 5.51. The van der Waals surface area contributed by atoms with E-state index in [2.05, 4.69) is 17.6 Å². The largest absolute Gasteiger partial charge is 0.325 e. The molecule has 0 radical (unpaired) electrons. The molecule has 3 nitrogen and oxygen atoms in total. The van der Waals surface area contributed by atoms with Gasteiger partial charge in [-0.1, -0.05) is 19.3 Å². The van der Waals surface area contributed by atoms with Crippen molar-refractivity contribution in [2.75, 3.05) is 5.32 Å². The third-order valence-corrected chi connectivity index (χ3v) is 4.92. The SMILES string of the molecule is CC(=O)Nc1ccsc1CN[C@H](C)C1CCCCC1. The number of carbonyl (C=O) groups is 1. The Balaban J connectivity index is 1.84. The van der Waals surface area contributed by atoms with Crippen molar-refractivity contribution in [2.45, 2.75) is 58.5 Å². The summed E-state index contributed by atoms with van der Waals surface area (Å²) in [6.07, 6.45) is 6.88. The zero-order chi connectivity index (χ0) is 13.7. The lowest BCUT2D eigenvalue weighted by Crippen LogP contribution is -2.34. The van der Waals surface area contributed by atoms with E-state index in [1.54, 1.807) is 18.3 Å².